The fourth-order valence-electron chi connectivity index (χ4n) is 5.77. The molecule has 6 rings (SSSR count). The van der Waals surface area contributed by atoms with Crippen molar-refractivity contribution in [2.45, 2.75) is 38.7 Å². The van der Waals surface area contributed by atoms with Crippen LogP contribution in [0.25, 0.3) is 0 Å². The maximum atomic E-state index is 12.6. The van der Waals surface area contributed by atoms with Crippen molar-refractivity contribution in [3.05, 3.63) is 65.6 Å². The van der Waals surface area contributed by atoms with Gasteiger partial charge in [-0.05, 0) is 67.6 Å². The predicted molar refractivity (Wildman–Crippen MR) is 167 cm³/mol. The fraction of sp³-hybridized carbons (Fsp3) is 0.312. The number of carbonyl (C=O) groups is 3. The number of azo groups is 2. The van der Waals surface area contributed by atoms with Crippen molar-refractivity contribution in [2.75, 3.05) is 31.7 Å². The minimum Gasteiger partial charge on any atom is -0.494 e. The van der Waals surface area contributed by atoms with Gasteiger partial charge in [-0.2, -0.15) is 16.1 Å². The number of aryl methyl sites for hydroxylation is 1. The Morgan fingerprint density at radius 3 is 2.41 bits per heavy atom. The SMILES string of the molecule is COc1cc(N=Nc2ccc(OON)cc2)c(CO)cc1N=Nc1cc2c3c(c1OCC(=O)ON1C(=O)[CH-]CC1=O)CCCN3CCC2.[W]. The summed E-state index contributed by atoms with van der Waals surface area (Å²) in [5, 5.41) is 28.1. The molecule has 49 heavy (non-hydrogen) atoms. The Hall–Kier alpha value is -4.89. The Labute approximate surface area is 294 Å². The summed E-state index contributed by atoms with van der Waals surface area (Å²) in [7, 11) is 1.47. The molecule has 1 fully saturated rings. The van der Waals surface area contributed by atoms with Crippen molar-refractivity contribution in [3.8, 4) is 17.2 Å². The number of hydrogen-bond donors (Lipinski definition) is 2. The normalized spacial score (nSPS) is 15.2. The van der Waals surface area contributed by atoms with Crippen molar-refractivity contribution in [1.82, 2.24) is 5.06 Å². The summed E-state index contributed by atoms with van der Waals surface area (Å²) in [5.74, 6) is 3.72. The molecule has 3 aliphatic rings. The number of anilines is 1. The minimum absolute atomic E-state index is 0. The van der Waals surface area contributed by atoms with E-state index in [1.807, 2.05) is 6.07 Å². The number of aliphatic hydroxyl groups is 1. The molecule has 17 heteroatoms. The van der Waals surface area contributed by atoms with Crippen LogP contribution in [0.3, 0.4) is 0 Å². The number of aliphatic hydroxyl groups excluding tert-OH is 1. The first-order chi connectivity index (χ1) is 23.4. The van der Waals surface area contributed by atoms with Gasteiger partial charge in [-0.1, -0.05) is 11.4 Å². The molecule has 3 aromatic carbocycles. The van der Waals surface area contributed by atoms with Gasteiger partial charge in [0.15, 0.2) is 18.1 Å². The summed E-state index contributed by atoms with van der Waals surface area (Å²) < 4.78 is 11.6. The van der Waals surface area contributed by atoms with E-state index in [0.717, 1.165) is 55.6 Å². The molecule has 0 spiro atoms. The predicted octanol–water partition coefficient (Wildman–Crippen LogP) is 4.70. The van der Waals surface area contributed by atoms with Crippen molar-refractivity contribution >= 4 is 46.2 Å². The Kier molecular flexibility index (Phi) is 11.6. The number of methoxy groups -OCH3 is 1. The van der Waals surface area contributed by atoms with Gasteiger partial charge >= 0.3 is 5.97 Å². The Bertz CT molecular complexity index is 1770. The van der Waals surface area contributed by atoms with E-state index in [1.54, 1.807) is 36.4 Å². The number of nitrogens with zero attached hydrogens (tertiary/aromatic N) is 6. The van der Waals surface area contributed by atoms with Crippen LogP contribution in [0.5, 0.6) is 17.2 Å². The quantitative estimate of drug-likeness (QED) is 0.0843. The second-order valence-corrected chi connectivity index (χ2v) is 11.0. The van der Waals surface area contributed by atoms with Gasteiger partial charge in [0.05, 0.1) is 25.1 Å². The average molecular weight is 842 g/mol. The largest absolute Gasteiger partial charge is 0.494 e. The summed E-state index contributed by atoms with van der Waals surface area (Å²) in [6.07, 6.45) is 4.39. The first kappa shape index (κ1) is 35.4. The molecule has 0 aliphatic carbocycles. The molecule has 256 valence electrons. The molecular weight excluding hydrogens is 810 g/mol. The van der Waals surface area contributed by atoms with E-state index in [4.69, 9.17) is 25.1 Å². The van der Waals surface area contributed by atoms with Crippen LogP contribution in [0.1, 0.15) is 36.0 Å². The van der Waals surface area contributed by atoms with Crippen LogP contribution in [0.2, 0.25) is 0 Å². The number of carbonyl (C=O) groups excluding carboxylic acids is 3. The minimum atomic E-state index is -0.916. The van der Waals surface area contributed by atoms with Crippen LogP contribution in [0.4, 0.5) is 28.4 Å². The van der Waals surface area contributed by atoms with E-state index in [9.17, 15) is 19.5 Å². The van der Waals surface area contributed by atoms with Crippen LogP contribution in [0.15, 0.2) is 62.9 Å². The van der Waals surface area contributed by atoms with Crippen molar-refractivity contribution in [3.63, 3.8) is 0 Å². The van der Waals surface area contributed by atoms with E-state index < -0.39 is 24.4 Å². The fourth-order valence-corrected chi connectivity index (χ4v) is 5.77. The molecular formula is C32H32N7O9W-. The van der Waals surface area contributed by atoms with Crippen LogP contribution in [-0.2, 0) is 64.7 Å². The zero-order valence-electron chi connectivity index (χ0n) is 26.4. The van der Waals surface area contributed by atoms with E-state index in [0.29, 0.717) is 57.0 Å². The molecule has 0 radical (unpaired) electrons. The van der Waals surface area contributed by atoms with Crippen molar-refractivity contribution in [2.24, 2.45) is 26.4 Å². The molecule has 3 aliphatic heterocycles. The Morgan fingerprint density at radius 2 is 1.71 bits per heavy atom. The third-order valence-electron chi connectivity index (χ3n) is 7.93. The molecule has 0 bridgehead atoms. The summed E-state index contributed by atoms with van der Waals surface area (Å²) >= 11 is 0. The van der Waals surface area contributed by atoms with Crippen LogP contribution in [-0.4, -0.2) is 54.8 Å². The number of benzene rings is 3. The van der Waals surface area contributed by atoms with E-state index in [2.05, 4.69) is 30.3 Å². The van der Waals surface area contributed by atoms with E-state index in [1.165, 1.54) is 7.11 Å². The molecule has 1 saturated heterocycles. The van der Waals surface area contributed by atoms with Gasteiger partial charge in [0.2, 0.25) is 5.91 Å². The van der Waals surface area contributed by atoms with Gasteiger partial charge in [-0.25, -0.2) is 4.79 Å². The molecule has 2 amide bonds. The maximum absolute atomic E-state index is 12.6. The first-order valence-electron chi connectivity index (χ1n) is 15.1. The van der Waals surface area contributed by atoms with Crippen molar-refractivity contribution in [1.29, 1.82) is 0 Å². The number of nitrogens with two attached hydrogens (primary N) is 1. The summed E-state index contributed by atoms with van der Waals surface area (Å²) in [6, 6.07) is 11.6. The summed E-state index contributed by atoms with van der Waals surface area (Å²) in [6.45, 7) is 0.883. The number of amides is 2. The monoisotopic (exact) mass is 842 g/mol. The molecule has 0 unspecified atom stereocenters. The Balaban J connectivity index is 0.00000468. The second-order valence-electron chi connectivity index (χ2n) is 11.0. The molecule has 3 N–H and O–H groups in total. The zero-order valence-corrected chi connectivity index (χ0v) is 29.3. The smallest absolute Gasteiger partial charge is 0.370 e. The summed E-state index contributed by atoms with van der Waals surface area (Å²) in [4.78, 5) is 52.6. The van der Waals surface area contributed by atoms with Gasteiger partial charge in [-0.3, -0.25) is 11.2 Å². The third kappa shape index (κ3) is 7.89. The van der Waals surface area contributed by atoms with Gasteiger partial charge in [0, 0.05) is 57.0 Å². The van der Waals surface area contributed by atoms with Gasteiger partial charge < -0.3 is 34.0 Å². The second kappa shape index (κ2) is 16.0. The number of hydrogen-bond acceptors (Lipinski definition) is 15. The standard InChI is InChI=1S/C32H32N7O9.W/c1-44-27-16-24(35-34-21-6-8-22(9-7-21)47-48-33)20(17-40)15-25(27)36-37-26-14-19-4-2-12-38-13-3-5-23(31(19)38)32(26)45-18-30(43)46-39-28(41)10-11-29(39)42;/h6-10,14-16,40H,2-5,11-13,17-18,33H2,1H3;/q-1;. The van der Waals surface area contributed by atoms with Crippen molar-refractivity contribution < 1.29 is 64.7 Å². The topological polar surface area (TPSA) is 200 Å². The number of ether oxygens (including phenoxy) is 2. The maximum Gasteiger partial charge on any atom is 0.370 e. The van der Waals surface area contributed by atoms with Crippen LogP contribution in [0, 0.1) is 6.42 Å². The summed E-state index contributed by atoms with van der Waals surface area (Å²) in [5.41, 5.74) is 5.04. The van der Waals surface area contributed by atoms with Crippen LogP contribution >= 0.6 is 0 Å². The number of rotatable bonds is 12. The molecule has 3 heterocycles. The first-order valence-corrected chi connectivity index (χ1v) is 15.1. The Morgan fingerprint density at radius 1 is 0.980 bits per heavy atom. The van der Waals surface area contributed by atoms with E-state index >= 15 is 0 Å². The molecule has 0 atom stereocenters. The molecule has 0 aromatic heterocycles. The van der Waals surface area contributed by atoms with E-state index in [-0.39, 0.29) is 34.1 Å². The number of imide groups is 1. The van der Waals surface area contributed by atoms with Gasteiger partial charge in [-0.15, -0.1) is 15.3 Å². The molecule has 16 nitrogen and oxygen atoms in total. The third-order valence-corrected chi connectivity index (χ3v) is 7.93. The van der Waals surface area contributed by atoms with Gasteiger partial charge in [0.25, 0.3) is 0 Å². The van der Waals surface area contributed by atoms with Gasteiger partial charge in [0.1, 0.15) is 23.0 Å². The molecule has 0 saturated carbocycles. The number of hydroxylamine groups is 2. The molecule has 3 aromatic rings. The van der Waals surface area contributed by atoms with Crippen LogP contribution < -0.4 is 25.2 Å². The zero-order chi connectivity index (χ0) is 33.6. The average Bonchev–Trinajstić information content (AvgIpc) is 3.42.